The molecule has 0 spiro atoms. The van der Waals surface area contributed by atoms with Gasteiger partial charge in [0.15, 0.2) is 4.84 Å². The highest BCUT2D eigenvalue weighted by Crippen LogP contribution is 2.41. The number of rotatable bonds is 1. The molecule has 0 amide bonds. The molecule has 0 bridgehead atoms. The zero-order chi connectivity index (χ0) is 11.3. The molecule has 7 heteroatoms. The van der Waals surface area contributed by atoms with Crippen molar-refractivity contribution in [1.29, 1.82) is 0 Å². The van der Waals surface area contributed by atoms with E-state index >= 15 is 0 Å². The van der Waals surface area contributed by atoms with Crippen LogP contribution in [0, 0.1) is 0 Å². The fourth-order valence-electron chi connectivity index (χ4n) is 0.124. The van der Waals surface area contributed by atoms with Crippen LogP contribution in [-0.4, -0.2) is 16.9 Å². The summed E-state index contributed by atoms with van der Waals surface area (Å²) in [7, 11) is 0. The van der Waals surface area contributed by atoms with Gasteiger partial charge in [-0.05, 0) is 0 Å². The molecule has 0 radical (unpaired) electrons. The second-order valence-electron chi connectivity index (χ2n) is 2.13. The summed E-state index contributed by atoms with van der Waals surface area (Å²) >= 11 is 8.70. The number of alkyl halides is 7. The predicted octanol–water partition coefficient (Wildman–Crippen LogP) is 4.40. The Morgan fingerprint density at radius 2 is 1.23 bits per heavy atom. The maximum absolute atomic E-state index is 11.7. The van der Waals surface area contributed by atoms with Gasteiger partial charge in [0.05, 0.1) is 0 Å². The van der Waals surface area contributed by atoms with Gasteiger partial charge in [-0.2, -0.15) is 22.0 Å². The predicted molar refractivity (Wildman–Crippen MR) is 42.5 cm³/mol. The quantitative estimate of drug-likeness (QED) is 0.475. The van der Waals surface area contributed by atoms with Crippen molar-refractivity contribution in [2.45, 2.75) is 37.2 Å². The molecule has 0 heterocycles. The van der Waals surface area contributed by atoms with Gasteiger partial charge in [-0.15, -0.1) is 0 Å². The van der Waals surface area contributed by atoms with Crippen LogP contribution in [0.2, 0.25) is 0 Å². The molecule has 13 heavy (non-hydrogen) atoms. The summed E-state index contributed by atoms with van der Waals surface area (Å²) in [4.78, 5) is -2.76. The third kappa shape index (κ3) is 5.52. The van der Waals surface area contributed by atoms with Crippen LogP contribution in [0.3, 0.4) is 0 Å². The van der Waals surface area contributed by atoms with Crippen LogP contribution in [0.1, 0.15) is 20.3 Å². The average Bonchev–Trinajstić information content (AvgIpc) is 1.86. The van der Waals surface area contributed by atoms with Crippen molar-refractivity contribution in [2.75, 3.05) is 0 Å². The minimum Gasteiger partial charge on any atom is -0.193 e. The lowest BCUT2D eigenvalue weighted by atomic mass is 10.4. The van der Waals surface area contributed by atoms with Gasteiger partial charge in [-0.25, -0.2) is 0 Å². The lowest BCUT2D eigenvalue weighted by molar-refractivity contribution is -0.275. The summed E-state index contributed by atoms with van der Waals surface area (Å²) in [5.41, 5.74) is 0. The summed E-state index contributed by atoms with van der Waals surface area (Å²) in [6.45, 7) is 4.25. The molecule has 0 aliphatic carbocycles. The lowest BCUT2D eigenvalue weighted by Crippen LogP contribution is -2.41. The van der Waals surface area contributed by atoms with Crippen LogP contribution < -0.4 is 0 Å². The molecular formula is C6H9Cl2F5. The molecule has 0 unspecified atom stereocenters. The first-order chi connectivity index (χ1) is 5.61. The van der Waals surface area contributed by atoms with Crippen LogP contribution in [0.5, 0.6) is 0 Å². The van der Waals surface area contributed by atoms with Crippen LogP contribution in [0.25, 0.3) is 0 Å². The molecule has 0 saturated carbocycles. The average molecular weight is 247 g/mol. The maximum Gasteiger partial charge on any atom is 0.456 e. The molecule has 0 rings (SSSR count). The largest absolute Gasteiger partial charge is 0.456 e. The van der Waals surface area contributed by atoms with Crippen molar-refractivity contribution in [3.8, 4) is 0 Å². The van der Waals surface area contributed by atoms with Crippen LogP contribution >= 0.6 is 23.2 Å². The summed E-state index contributed by atoms with van der Waals surface area (Å²) in [6.07, 6.45) is -4.43. The van der Waals surface area contributed by atoms with Crippen LogP contribution in [0.4, 0.5) is 22.0 Å². The maximum atomic E-state index is 11.7. The zero-order valence-electron chi connectivity index (χ0n) is 6.93. The van der Waals surface area contributed by atoms with E-state index in [4.69, 9.17) is 0 Å². The molecule has 0 nitrogen and oxygen atoms in total. The normalized spacial score (nSPS) is 12.5. The molecule has 0 aromatic heterocycles. The molecular weight excluding hydrogens is 238 g/mol. The molecule has 0 aromatic rings. The Morgan fingerprint density at radius 1 is 1.00 bits per heavy atom. The summed E-state index contributed by atoms with van der Waals surface area (Å²) in [6, 6.07) is 0. The third-order valence-corrected chi connectivity index (χ3v) is 1.20. The third-order valence-electron chi connectivity index (χ3n) is 0.652. The second-order valence-corrected chi connectivity index (χ2v) is 3.22. The van der Waals surface area contributed by atoms with E-state index in [2.05, 4.69) is 37.0 Å². The Labute approximate surface area is 83.0 Å². The Morgan fingerprint density at radius 3 is 1.23 bits per heavy atom. The minimum atomic E-state index is -5.68. The Kier molecular flexibility index (Phi) is 7.07. The van der Waals surface area contributed by atoms with E-state index in [-0.39, 0.29) is 0 Å². The first kappa shape index (κ1) is 15.7. The van der Waals surface area contributed by atoms with E-state index in [1.54, 1.807) is 0 Å². The van der Waals surface area contributed by atoms with E-state index in [0.717, 1.165) is 0 Å². The van der Waals surface area contributed by atoms with E-state index in [1.165, 1.54) is 6.42 Å². The Bertz CT molecular complexity index is 131. The van der Waals surface area contributed by atoms with E-state index in [1.807, 2.05) is 0 Å². The van der Waals surface area contributed by atoms with Gasteiger partial charge in [0.1, 0.15) is 0 Å². The first-order valence-corrected chi connectivity index (χ1v) is 4.21. The standard InChI is InChI=1S/C3HCl2F5.C3H8/c4-1(5)2(6,7)3(8,9)10;1-3-2/h1H;3H2,1-2H3. The van der Waals surface area contributed by atoms with Crippen LogP contribution in [-0.2, 0) is 0 Å². The summed E-state index contributed by atoms with van der Waals surface area (Å²) in [5.74, 6) is -5.03. The zero-order valence-corrected chi connectivity index (χ0v) is 8.44. The van der Waals surface area contributed by atoms with Crippen molar-refractivity contribution in [1.82, 2.24) is 0 Å². The monoisotopic (exact) mass is 246 g/mol. The van der Waals surface area contributed by atoms with Crippen LogP contribution in [0.15, 0.2) is 0 Å². The van der Waals surface area contributed by atoms with Crippen molar-refractivity contribution < 1.29 is 22.0 Å². The number of hydrogen-bond acceptors (Lipinski definition) is 0. The number of hydrogen-bond donors (Lipinski definition) is 0. The van der Waals surface area contributed by atoms with Crippen molar-refractivity contribution >= 4 is 23.2 Å². The smallest absolute Gasteiger partial charge is 0.193 e. The molecule has 0 atom stereocenters. The Balaban J connectivity index is 0. The second kappa shape index (κ2) is 5.86. The van der Waals surface area contributed by atoms with Gasteiger partial charge in [0, 0.05) is 0 Å². The van der Waals surface area contributed by atoms with Gasteiger partial charge < -0.3 is 0 Å². The molecule has 0 aromatic carbocycles. The molecule has 0 aliphatic rings. The van der Waals surface area contributed by atoms with Gasteiger partial charge in [-0.1, -0.05) is 43.5 Å². The molecule has 0 saturated heterocycles. The molecule has 82 valence electrons. The van der Waals surface area contributed by atoms with Gasteiger partial charge in [0.25, 0.3) is 0 Å². The molecule has 0 fully saturated rings. The van der Waals surface area contributed by atoms with Crippen molar-refractivity contribution in [3.63, 3.8) is 0 Å². The van der Waals surface area contributed by atoms with E-state index in [9.17, 15) is 22.0 Å². The highest BCUT2D eigenvalue weighted by atomic mass is 35.5. The lowest BCUT2D eigenvalue weighted by Gasteiger charge is -2.19. The van der Waals surface area contributed by atoms with Crippen molar-refractivity contribution in [2.24, 2.45) is 0 Å². The topological polar surface area (TPSA) is 0 Å². The Hall–Kier alpha value is 0.230. The summed E-state index contributed by atoms with van der Waals surface area (Å²) in [5, 5.41) is 0. The summed E-state index contributed by atoms with van der Waals surface area (Å²) < 4.78 is 56.8. The fourth-order valence-corrected chi connectivity index (χ4v) is 0.371. The SMILES string of the molecule is CCC.FC(F)(F)C(F)(F)C(Cl)Cl. The minimum absolute atomic E-state index is 1.25. The number of halogens is 7. The fraction of sp³-hybridized carbons (Fsp3) is 1.00. The van der Waals surface area contributed by atoms with Crippen molar-refractivity contribution in [3.05, 3.63) is 0 Å². The van der Waals surface area contributed by atoms with E-state index < -0.39 is 16.9 Å². The van der Waals surface area contributed by atoms with Gasteiger partial charge in [-0.3, -0.25) is 0 Å². The first-order valence-electron chi connectivity index (χ1n) is 3.33. The molecule has 0 aliphatic heterocycles. The highest BCUT2D eigenvalue weighted by Gasteiger charge is 2.61. The highest BCUT2D eigenvalue weighted by molar-refractivity contribution is 6.45. The van der Waals surface area contributed by atoms with Gasteiger partial charge >= 0.3 is 12.1 Å². The van der Waals surface area contributed by atoms with Gasteiger partial charge in [0.2, 0.25) is 0 Å². The van der Waals surface area contributed by atoms with E-state index in [0.29, 0.717) is 0 Å². The molecule has 0 N–H and O–H groups in total.